The van der Waals surface area contributed by atoms with Crippen LogP contribution in [0.5, 0.6) is 0 Å². The van der Waals surface area contributed by atoms with Gasteiger partial charge in [-0.05, 0) is 31.1 Å². The molecule has 1 amide bonds. The Bertz CT molecular complexity index is 666. The predicted octanol–water partition coefficient (Wildman–Crippen LogP) is 8.95. The zero-order chi connectivity index (χ0) is 29.4. The molecule has 0 aliphatic carbocycles. The third kappa shape index (κ3) is 22.0. The highest BCUT2D eigenvalue weighted by Crippen LogP contribution is 2.18. The van der Waals surface area contributed by atoms with Gasteiger partial charge >= 0.3 is 0 Å². The second-order valence-electron chi connectivity index (χ2n) is 13.1. The van der Waals surface area contributed by atoms with Gasteiger partial charge in [-0.15, -0.1) is 0 Å². The third-order valence-corrected chi connectivity index (χ3v) is 9.06. The van der Waals surface area contributed by atoms with Crippen LogP contribution >= 0.6 is 0 Å². The van der Waals surface area contributed by atoms with E-state index in [4.69, 9.17) is 4.18 Å². The molecule has 6 heteroatoms. The first-order valence-electron chi connectivity index (χ1n) is 17.0. The normalized spacial score (nSPS) is 20.2. The molecule has 40 heavy (non-hydrogen) atoms. The molecule has 1 heterocycles. The van der Waals surface area contributed by atoms with Gasteiger partial charge in [0.25, 0.3) is 0 Å². The minimum absolute atomic E-state index is 0.105. The fraction of sp³-hybridized carbons (Fsp3) is 0.912. The first-order valence-corrected chi connectivity index (χ1v) is 18.2. The van der Waals surface area contributed by atoms with E-state index < -0.39 is 17.2 Å². The molecule has 1 saturated heterocycles. The van der Waals surface area contributed by atoms with Crippen LogP contribution in [0.3, 0.4) is 0 Å². The number of allylic oxidation sites excluding steroid dienone is 1. The summed E-state index contributed by atoms with van der Waals surface area (Å²) < 4.78 is 17.5. The van der Waals surface area contributed by atoms with Crippen molar-refractivity contribution in [2.24, 2.45) is 11.8 Å². The molecule has 0 aromatic rings. The molecule has 0 aromatic heterocycles. The van der Waals surface area contributed by atoms with Crippen LogP contribution in [0.2, 0.25) is 0 Å². The van der Waals surface area contributed by atoms with Crippen LogP contribution in [-0.2, 0) is 20.1 Å². The fourth-order valence-electron chi connectivity index (χ4n) is 5.44. The van der Waals surface area contributed by atoms with Gasteiger partial charge in [0.2, 0.25) is 5.91 Å². The van der Waals surface area contributed by atoms with Crippen molar-refractivity contribution in [3.8, 4) is 0 Å². The fourth-order valence-corrected chi connectivity index (χ4v) is 6.53. The standard InChI is InChI=1S/C34H65NO4S/c1-29(2)23-19-15-11-7-5-9-13-17-21-25-31(36)27-34(37)35-32-28-40(38)39-33(32)26-22-18-14-10-6-8-12-16-20-24-30(3)4/h22,26,29-33,36H,5-21,23-25,27-28H2,1-4H3,(H,35,37)/b26-22+/t31-,32+,33-,40?/m1/s1. The smallest absolute Gasteiger partial charge is 0.222 e. The molecule has 4 atom stereocenters. The van der Waals surface area contributed by atoms with Crippen molar-refractivity contribution in [3.63, 3.8) is 0 Å². The Morgan fingerprint density at radius 1 is 0.775 bits per heavy atom. The lowest BCUT2D eigenvalue weighted by Gasteiger charge is -2.17. The Morgan fingerprint density at radius 3 is 1.73 bits per heavy atom. The van der Waals surface area contributed by atoms with Crippen molar-refractivity contribution in [2.75, 3.05) is 5.75 Å². The maximum Gasteiger partial charge on any atom is 0.222 e. The third-order valence-electron chi connectivity index (χ3n) is 7.99. The number of aliphatic hydroxyl groups excluding tert-OH is 1. The zero-order valence-corrected chi connectivity index (χ0v) is 27.5. The van der Waals surface area contributed by atoms with Gasteiger partial charge in [0.15, 0.2) is 11.1 Å². The van der Waals surface area contributed by atoms with Crippen molar-refractivity contribution >= 4 is 17.0 Å². The van der Waals surface area contributed by atoms with Gasteiger partial charge < -0.3 is 10.4 Å². The van der Waals surface area contributed by atoms with E-state index in [1.165, 1.54) is 96.3 Å². The lowest BCUT2D eigenvalue weighted by atomic mass is 10.0. The molecule has 1 fully saturated rings. The van der Waals surface area contributed by atoms with E-state index in [2.05, 4.69) is 39.1 Å². The molecule has 1 unspecified atom stereocenters. The van der Waals surface area contributed by atoms with Gasteiger partial charge in [-0.2, -0.15) is 0 Å². The Labute approximate surface area is 250 Å². The first-order chi connectivity index (χ1) is 19.3. The zero-order valence-electron chi connectivity index (χ0n) is 26.7. The van der Waals surface area contributed by atoms with Crippen molar-refractivity contribution in [1.82, 2.24) is 5.32 Å². The summed E-state index contributed by atoms with van der Waals surface area (Å²) in [5, 5.41) is 13.3. The van der Waals surface area contributed by atoms with Crippen molar-refractivity contribution in [1.29, 1.82) is 0 Å². The molecule has 1 aliphatic heterocycles. The summed E-state index contributed by atoms with van der Waals surface area (Å²) in [4.78, 5) is 12.5. The van der Waals surface area contributed by atoms with E-state index in [9.17, 15) is 14.1 Å². The predicted molar refractivity (Wildman–Crippen MR) is 172 cm³/mol. The summed E-state index contributed by atoms with van der Waals surface area (Å²) in [5.41, 5.74) is 0. The minimum Gasteiger partial charge on any atom is -0.393 e. The number of nitrogens with one attached hydrogen (secondary N) is 1. The quantitative estimate of drug-likeness (QED) is 0.0787. The van der Waals surface area contributed by atoms with E-state index in [-0.39, 0.29) is 24.5 Å². The van der Waals surface area contributed by atoms with Crippen molar-refractivity contribution < 1.29 is 18.3 Å². The lowest BCUT2D eigenvalue weighted by Crippen LogP contribution is -2.42. The van der Waals surface area contributed by atoms with E-state index in [0.717, 1.165) is 37.5 Å². The molecule has 2 N–H and O–H groups in total. The summed E-state index contributed by atoms with van der Waals surface area (Å²) in [6.07, 6.45) is 27.9. The Kier molecular flexibility index (Phi) is 23.2. The number of hydrogen-bond donors (Lipinski definition) is 2. The Balaban J connectivity index is 2.07. The van der Waals surface area contributed by atoms with Gasteiger partial charge in [-0.3, -0.25) is 8.98 Å². The van der Waals surface area contributed by atoms with Crippen LogP contribution in [0.4, 0.5) is 0 Å². The Hall–Kier alpha value is -0.720. The van der Waals surface area contributed by atoms with Crippen molar-refractivity contribution in [2.45, 2.75) is 181 Å². The van der Waals surface area contributed by atoms with Crippen molar-refractivity contribution in [3.05, 3.63) is 12.2 Å². The van der Waals surface area contributed by atoms with Gasteiger partial charge in [0.1, 0.15) is 6.10 Å². The topological polar surface area (TPSA) is 75.6 Å². The SMILES string of the molecule is CC(C)CCCCCCCCC/C=C/[C@H]1OS(=O)C[C@@H]1NC(=O)C[C@H](O)CCCCCCCCCCCC(C)C. The number of carbonyl (C=O) groups excluding carboxylic acids is 1. The van der Waals surface area contributed by atoms with Crippen LogP contribution < -0.4 is 5.32 Å². The highest BCUT2D eigenvalue weighted by Gasteiger charge is 2.33. The summed E-state index contributed by atoms with van der Waals surface area (Å²) >= 11 is -1.37. The molecule has 1 rings (SSSR count). The molecule has 5 nitrogen and oxygen atoms in total. The largest absolute Gasteiger partial charge is 0.393 e. The molecule has 0 spiro atoms. The maximum atomic E-state index is 12.5. The summed E-state index contributed by atoms with van der Waals surface area (Å²) in [5.74, 6) is 1.78. The van der Waals surface area contributed by atoms with Gasteiger partial charge in [0.05, 0.1) is 24.3 Å². The molecule has 1 aliphatic rings. The number of unbranched alkanes of at least 4 members (excludes halogenated alkanes) is 15. The van der Waals surface area contributed by atoms with Crippen LogP contribution in [-0.4, -0.2) is 39.2 Å². The van der Waals surface area contributed by atoms with Crippen LogP contribution in [0.1, 0.15) is 163 Å². The Morgan fingerprint density at radius 2 is 1.23 bits per heavy atom. The summed E-state index contributed by atoms with van der Waals surface area (Å²) in [7, 11) is 0. The number of hydrogen-bond acceptors (Lipinski definition) is 4. The average Bonchev–Trinajstić information content (AvgIpc) is 3.23. The monoisotopic (exact) mass is 583 g/mol. The van der Waals surface area contributed by atoms with E-state index >= 15 is 0 Å². The summed E-state index contributed by atoms with van der Waals surface area (Å²) in [6.45, 7) is 9.18. The average molecular weight is 584 g/mol. The summed E-state index contributed by atoms with van der Waals surface area (Å²) in [6, 6.07) is -0.284. The van der Waals surface area contributed by atoms with Gasteiger partial charge in [-0.1, -0.05) is 149 Å². The highest BCUT2D eigenvalue weighted by molar-refractivity contribution is 7.80. The van der Waals surface area contributed by atoms with Gasteiger partial charge in [0, 0.05) is 0 Å². The van der Waals surface area contributed by atoms with Crippen LogP contribution in [0, 0.1) is 11.8 Å². The van der Waals surface area contributed by atoms with Crippen LogP contribution in [0.25, 0.3) is 0 Å². The minimum atomic E-state index is -1.37. The number of rotatable bonds is 26. The second kappa shape index (κ2) is 24.8. The van der Waals surface area contributed by atoms with E-state index in [1.54, 1.807) is 0 Å². The van der Waals surface area contributed by atoms with E-state index in [1.807, 2.05) is 6.08 Å². The van der Waals surface area contributed by atoms with E-state index in [0.29, 0.717) is 12.2 Å². The number of carbonyl (C=O) groups is 1. The number of aliphatic hydroxyl groups is 1. The molecule has 236 valence electrons. The maximum absolute atomic E-state index is 12.5. The van der Waals surface area contributed by atoms with Gasteiger partial charge in [-0.25, -0.2) is 4.21 Å². The number of amides is 1. The lowest BCUT2D eigenvalue weighted by molar-refractivity contribution is -0.123. The molecular weight excluding hydrogens is 518 g/mol. The molecule has 0 bridgehead atoms. The molecular formula is C34H65NO4S. The molecule has 0 radical (unpaired) electrons. The van der Waals surface area contributed by atoms with Crippen LogP contribution in [0.15, 0.2) is 12.2 Å². The first kappa shape index (κ1) is 37.3. The molecule has 0 saturated carbocycles. The molecule has 0 aromatic carbocycles. The second-order valence-corrected chi connectivity index (χ2v) is 14.2. The highest BCUT2D eigenvalue weighted by atomic mass is 32.2.